The van der Waals surface area contributed by atoms with Gasteiger partial charge in [0.15, 0.2) is 0 Å². The minimum absolute atomic E-state index is 0.121. The minimum Gasteiger partial charge on any atom is -0.508 e. The quantitative estimate of drug-likeness (QED) is 0.239. The molecule has 0 fully saturated rings. The normalized spacial score (nSPS) is 14.1. The van der Waals surface area contributed by atoms with Crippen molar-refractivity contribution in [3.63, 3.8) is 0 Å². The molecule has 0 saturated heterocycles. The lowest BCUT2D eigenvalue weighted by Crippen LogP contribution is -2.25. The first-order chi connectivity index (χ1) is 18.3. The molecule has 1 aliphatic rings. The molecule has 0 aliphatic carbocycles. The van der Waals surface area contributed by atoms with Gasteiger partial charge in [0.25, 0.3) is 0 Å². The third-order valence-electron chi connectivity index (χ3n) is 6.22. The molecule has 0 amide bonds. The number of nitrogen functional groups attached to an aromatic ring is 1. The zero-order chi connectivity index (χ0) is 28.2. The maximum absolute atomic E-state index is 13.9. The molecule has 1 heterocycles. The largest absolute Gasteiger partial charge is 0.508 e. The summed E-state index contributed by atoms with van der Waals surface area (Å²) in [4.78, 5) is 0. The highest BCUT2D eigenvalue weighted by Gasteiger charge is 2.22. The summed E-state index contributed by atoms with van der Waals surface area (Å²) < 4.78 is 13.9. The van der Waals surface area contributed by atoms with Crippen molar-refractivity contribution >= 4 is 11.3 Å². The fourth-order valence-corrected chi connectivity index (χ4v) is 4.37. The number of phenolic OH excluding ortho intramolecular Hbond substituents is 1. The minimum atomic E-state index is -0.208. The molecule has 1 unspecified atom stereocenters. The van der Waals surface area contributed by atoms with Gasteiger partial charge in [-0.1, -0.05) is 65.3 Å². The second kappa shape index (κ2) is 14.9. The number of aryl methyl sites for hydroxylation is 3. The molecule has 3 aromatic carbocycles. The van der Waals surface area contributed by atoms with E-state index < -0.39 is 0 Å². The first-order valence-corrected chi connectivity index (χ1v) is 13.7. The highest BCUT2D eigenvalue weighted by Crippen LogP contribution is 2.35. The number of hydrogen-bond donors (Lipinski definition) is 4. The summed E-state index contributed by atoms with van der Waals surface area (Å²) >= 11 is 0. The van der Waals surface area contributed by atoms with E-state index in [1.165, 1.54) is 6.07 Å². The van der Waals surface area contributed by atoms with Crippen LogP contribution in [0.5, 0.6) is 5.75 Å². The molecule has 5 N–H and O–H groups in total. The van der Waals surface area contributed by atoms with Gasteiger partial charge in [-0.25, -0.2) is 4.39 Å². The number of phenols is 1. The first-order valence-electron chi connectivity index (χ1n) is 13.7. The van der Waals surface area contributed by atoms with E-state index >= 15 is 0 Å². The van der Waals surface area contributed by atoms with E-state index in [2.05, 4.69) is 35.8 Å². The van der Waals surface area contributed by atoms with Gasteiger partial charge in [0.05, 0.1) is 11.7 Å². The first kappa shape index (κ1) is 30.5. The van der Waals surface area contributed by atoms with Crippen LogP contribution in [0.25, 0.3) is 5.57 Å². The van der Waals surface area contributed by atoms with Gasteiger partial charge in [0.1, 0.15) is 11.6 Å². The number of dihydropyridines is 1. The Balaban J connectivity index is 0.00000121. The van der Waals surface area contributed by atoms with Crippen LogP contribution in [0, 0.1) is 19.7 Å². The number of halogens is 1. The number of allylic oxidation sites excluding steroid dienone is 1. The third kappa shape index (κ3) is 7.88. The summed E-state index contributed by atoms with van der Waals surface area (Å²) in [5.74, 6) is 0.0821. The lowest BCUT2D eigenvalue weighted by Gasteiger charge is -2.28. The molecule has 3 aromatic rings. The molecule has 4 nitrogen and oxygen atoms in total. The molecule has 0 spiro atoms. The number of benzene rings is 3. The van der Waals surface area contributed by atoms with E-state index in [-0.39, 0.29) is 11.9 Å². The Labute approximate surface area is 228 Å². The standard InChI is InChI=1S/C29H32FN3O.2C2H6/c1-4-5-20-12-21(14-25(34)13-20)16-32-24-15-26(22-7-9-28(31)19(3)11-22)29(33-17-24)23-6-8-27(30)18(2)10-23;2*1-2/h6-15,17,29,32-34H,4-5,16,31H2,1-3H3;2*1-2H3. The smallest absolute Gasteiger partial charge is 0.126 e. The van der Waals surface area contributed by atoms with Crippen LogP contribution in [0.2, 0.25) is 0 Å². The molecule has 5 heteroatoms. The van der Waals surface area contributed by atoms with Crippen molar-refractivity contribution in [2.45, 2.75) is 73.9 Å². The average Bonchev–Trinajstić information content (AvgIpc) is 2.93. The van der Waals surface area contributed by atoms with E-state index in [1.807, 2.05) is 71.2 Å². The van der Waals surface area contributed by atoms with Gasteiger partial charge in [0, 0.05) is 18.4 Å². The Bertz CT molecular complexity index is 1260. The van der Waals surface area contributed by atoms with Gasteiger partial charge in [-0.3, -0.25) is 0 Å². The third-order valence-corrected chi connectivity index (χ3v) is 6.22. The molecular weight excluding hydrogens is 473 g/mol. The van der Waals surface area contributed by atoms with Crippen LogP contribution in [0.15, 0.2) is 72.6 Å². The molecular formula is C33H44FN3O. The molecule has 4 rings (SSSR count). The van der Waals surface area contributed by atoms with Gasteiger partial charge in [-0.15, -0.1) is 0 Å². The second-order valence-electron chi connectivity index (χ2n) is 8.99. The molecule has 0 bridgehead atoms. The van der Waals surface area contributed by atoms with Crippen molar-refractivity contribution in [3.05, 3.63) is 112 Å². The van der Waals surface area contributed by atoms with E-state index in [1.54, 1.807) is 13.0 Å². The maximum atomic E-state index is 13.9. The molecule has 204 valence electrons. The summed E-state index contributed by atoms with van der Waals surface area (Å²) in [6.45, 7) is 14.5. The highest BCUT2D eigenvalue weighted by molar-refractivity contribution is 5.76. The van der Waals surface area contributed by atoms with Crippen molar-refractivity contribution in [1.29, 1.82) is 0 Å². The fraction of sp³-hybridized carbons (Fsp3) is 0.333. The second-order valence-corrected chi connectivity index (χ2v) is 8.99. The monoisotopic (exact) mass is 517 g/mol. The van der Waals surface area contributed by atoms with Gasteiger partial charge in [-0.05, 0) is 95.6 Å². The Morgan fingerprint density at radius 3 is 2.29 bits per heavy atom. The SMILES string of the molecule is CC.CC.CCCc1cc(O)cc(CNC2=CNC(c3ccc(F)c(C)c3)C(c3ccc(N)c(C)c3)=C2)c1. The topological polar surface area (TPSA) is 70.3 Å². The Hall–Kier alpha value is -3.73. The molecule has 0 aromatic heterocycles. The van der Waals surface area contributed by atoms with Crippen LogP contribution in [0.4, 0.5) is 10.1 Å². The highest BCUT2D eigenvalue weighted by atomic mass is 19.1. The number of nitrogens with two attached hydrogens (primary N) is 1. The van der Waals surface area contributed by atoms with Gasteiger partial charge < -0.3 is 21.5 Å². The van der Waals surface area contributed by atoms with E-state index in [0.717, 1.165) is 57.6 Å². The average molecular weight is 518 g/mol. The lowest BCUT2D eigenvalue weighted by molar-refractivity contribution is 0.473. The van der Waals surface area contributed by atoms with Crippen LogP contribution >= 0.6 is 0 Å². The summed E-state index contributed by atoms with van der Waals surface area (Å²) in [5, 5.41) is 17.1. The Morgan fingerprint density at radius 2 is 1.63 bits per heavy atom. The van der Waals surface area contributed by atoms with Crippen molar-refractivity contribution in [3.8, 4) is 5.75 Å². The molecule has 0 radical (unpaired) electrons. The fourth-order valence-electron chi connectivity index (χ4n) is 4.37. The van der Waals surface area contributed by atoms with E-state index in [0.29, 0.717) is 17.9 Å². The zero-order valence-corrected chi connectivity index (χ0v) is 24.0. The number of nitrogens with one attached hydrogen (secondary N) is 2. The summed E-state index contributed by atoms with van der Waals surface area (Å²) in [6, 6.07) is 16.9. The molecule has 38 heavy (non-hydrogen) atoms. The summed E-state index contributed by atoms with van der Waals surface area (Å²) in [6.07, 6.45) is 6.04. The maximum Gasteiger partial charge on any atom is 0.126 e. The van der Waals surface area contributed by atoms with Crippen LogP contribution in [0.3, 0.4) is 0 Å². The Kier molecular flexibility index (Phi) is 11.9. The van der Waals surface area contributed by atoms with Crippen LogP contribution < -0.4 is 16.4 Å². The summed E-state index contributed by atoms with van der Waals surface area (Å²) in [7, 11) is 0. The van der Waals surface area contributed by atoms with Crippen molar-refractivity contribution < 1.29 is 9.50 Å². The zero-order valence-electron chi connectivity index (χ0n) is 24.0. The number of aromatic hydroxyl groups is 1. The molecule has 1 atom stereocenters. The van der Waals surface area contributed by atoms with Crippen LogP contribution in [-0.4, -0.2) is 5.11 Å². The molecule has 1 aliphatic heterocycles. The lowest BCUT2D eigenvalue weighted by atomic mass is 9.89. The van der Waals surface area contributed by atoms with Crippen LogP contribution in [-0.2, 0) is 13.0 Å². The summed E-state index contributed by atoms with van der Waals surface area (Å²) in [5.41, 5.74) is 14.7. The van der Waals surface area contributed by atoms with Crippen molar-refractivity contribution in [2.75, 3.05) is 5.73 Å². The van der Waals surface area contributed by atoms with Crippen molar-refractivity contribution in [2.24, 2.45) is 0 Å². The number of anilines is 1. The number of rotatable bonds is 7. The molecule has 0 saturated carbocycles. The predicted molar refractivity (Wildman–Crippen MR) is 160 cm³/mol. The van der Waals surface area contributed by atoms with Gasteiger partial charge >= 0.3 is 0 Å². The Morgan fingerprint density at radius 1 is 0.921 bits per heavy atom. The van der Waals surface area contributed by atoms with E-state index in [9.17, 15) is 9.50 Å². The van der Waals surface area contributed by atoms with E-state index in [4.69, 9.17) is 5.73 Å². The van der Waals surface area contributed by atoms with Gasteiger partial charge in [-0.2, -0.15) is 0 Å². The predicted octanol–water partition coefficient (Wildman–Crippen LogP) is 8.09. The van der Waals surface area contributed by atoms with Crippen molar-refractivity contribution in [1.82, 2.24) is 10.6 Å². The van der Waals surface area contributed by atoms with Gasteiger partial charge in [0.2, 0.25) is 0 Å². The van der Waals surface area contributed by atoms with Crippen LogP contribution in [0.1, 0.15) is 80.5 Å². The number of hydrogen-bond acceptors (Lipinski definition) is 4.